The van der Waals surface area contributed by atoms with Gasteiger partial charge in [0.15, 0.2) is 23.1 Å². The molecule has 1 aromatic rings. The Bertz CT molecular complexity index is 1070. The third-order valence-electron chi connectivity index (χ3n) is 4.89. The fraction of sp³-hybridized carbons (Fsp3) is 0.273. The number of amides is 2. The van der Waals surface area contributed by atoms with Crippen molar-refractivity contribution < 1.29 is 33.4 Å². The number of ether oxygens (including phenoxy) is 3. The Hall–Kier alpha value is -3.88. The van der Waals surface area contributed by atoms with E-state index < -0.39 is 29.3 Å². The van der Waals surface area contributed by atoms with Gasteiger partial charge < -0.3 is 24.8 Å². The number of benzene rings is 1. The SMILES string of the molecule is COc1cc(/C(=C2\C(=O)C=C(C)NC2=O)C2C(=O)C=C(C)NC2=O)cc(OC)c1OC. The number of hydrogen-bond donors (Lipinski definition) is 2. The van der Waals surface area contributed by atoms with Gasteiger partial charge in [-0.15, -0.1) is 0 Å². The molecule has 0 saturated carbocycles. The highest BCUT2D eigenvalue weighted by molar-refractivity contribution is 6.33. The van der Waals surface area contributed by atoms with Crippen molar-refractivity contribution >= 4 is 29.0 Å². The van der Waals surface area contributed by atoms with Gasteiger partial charge in [-0.3, -0.25) is 19.2 Å². The Labute approximate surface area is 178 Å². The van der Waals surface area contributed by atoms with Crippen molar-refractivity contribution in [3.8, 4) is 17.2 Å². The first kappa shape index (κ1) is 21.8. The van der Waals surface area contributed by atoms with Crippen LogP contribution in [0.15, 0.2) is 41.3 Å². The summed E-state index contributed by atoms with van der Waals surface area (Å²) in [5.74, 6) is -3.18. The van der Waals surface area contributed by atoms with E-state index in [0.29, 0.717) is 11.4 Å². The Kier molecular flexibility index (Phi) is 5.96. The van der Waals surface area contributed by atoms with E-state index in [1.54, 1.807) is 13.8 Å². The van der Waals surface area contributed by atoms with Crippen molar-refractivity contribution in [2.24, 2.45) is 5.92 Å². The molecule has 0 aromatic heterocycles. The predicted molar refractivity (Wildman–Crippen MR) is 110 cm³/mol. The van der Waals surface area contributed by atoms with E-state index in [0.717, 1.165) is 0 Å². The highest BCUT2D eigenvalue weighted by atomic mass is 16.5. The van der Waals surface area contributed by atoms with Gasteiger partial charge in [-0.05, 0) is 37.1 Å². The number of allylic oxidation sites excluding steroid dienone is 4. The van der Waals surface area contributed by atoms with E-state index in [1.807, 2.05) is 0 Å². The molecule has 2 aliphatic heterocycles. The van der Waals surface area contributed by atoms with Crippen LogP contribution in [0.3, 0.4) is 0 Å². The lowest BCUT2D eigenvalue weighted by Crippen LogP contribution is -2.41. The summed E-state index contributed by atoms with van der Waals surface area (Å²) in [4.78, 5) is 51.3. The second-order valence-corrected chi connectivity index (χ2v) is 7.00. The van der Waals surface area contributed by atoms with Gasteiger partial charge in [-0.1, -0.05) is 0 Å². The van der Waals surface area contributed by atoms with Crippen LogP contribution in [0.4, 0.5) is 0 Å². The smallest absolute Gasteiger partial charge is 0.259 e. The maximum Gasteiger partial charge on any atom is 0.259 e. The van der Waals surface area contributed by atoms with Gasteiger partial charge in [-0.2, -0.15) is 0 Å². The quantitative estimate of drug-likeness (QED) is 0.414. The highest BCUT2D eigenvalue weighted by Crippen LogP contribution is 2.43. The third kappa shape index (κ3) is 3.94. The molecule has 0 spiro atoms. The van der Waals surface area contributed by atoms with Crippen LogP contribution in [0, 0.1) is 5.92 Å². The van der Waals surface area contributed by atoms with Crippen LogP contribution in [-0.4, -0.2) is 44.7 Å². The summed E-state index contributed by atoms with van der Waals surface area (Å²) < 4.78 is 16.0. The molecule has 3 rings (SSSR count). The molecule has 9 heteroatoms. The van der Waals surface area contributed by atoms with Gasteiger partial charge in [-0.25, -0.2) is 0 Å². The number of carbonyl (C=O) groups excluding carboxylic acids is 4. The average molecular weight is 426 g/mol. The van der Waals surface area contributed by atoms with E-state index in [4.69, 9.17) is 14.2 Å². The summed E-state index contributed by atoms with van der Waals surface area (Å²) in [5, 5.41) is 5.15. The molecule has 0 saturated heterocycles. The average Bonchev–Trinajstić information content (AvgIpc) is 2.70. The number of methoxy groups -OCH3 is 3. The first-order chi connectivity index (χ1) is 14.7. The van der Waals surface area contributed by atoms with Crippen LogP contribution in [0.1, 0.15) is 19.4 Å². The summed E-state index contributed by atoms with van der Waals surface area (Å²) in [5.41, 5.74) is 0.620. The van der Waals surface area contributed by atoms with Crippen molar-refractivity contribution in [2.75, 3.05) is 21.3 Å². The molecular weight excluding hydrogens is 404 g/mol. The largest absolute Gasteiger partial charge is 0.493 e. The molecule has 162 valence electrons. The Morgan fingerprint density at radius 2 is 1.42 bits per heavy atom. The monoisotopic (exact) mass is 426 g/mol. The summed E-state index contributed by atoms with van der Waals surface area (Å²) in [7, 11) is 4.24. The van der Waals surface area contributed by atoms with Gasteiger partial charge in [0.1, 0.15) is 5.92 Å². The van der Waals surface area contributed by atoms with Crippen molar-refractivity contribution in [2.45, 2.75) is 13.8 Å². The lowest BCUT2D eigenvalue weighted by molar-refractivity contribution is -0.129. The van der Waals surface area contributed by atoms with Crippen LogP contribution in [0.5, 0.6) is 17.2 Å². The minimum absolute atomic E-state index is 0.0447. The fourth-order valence-corrected chi connectivity index (χ4v) is 3.61. The van der Waals surface area contributed by atoms with Crippen LogP contribution in [-0.2, 0) is 19.2 Å². The molecule has 2 N–H and O–H groups in total. The van der Waals surface area contributed by atoms with Crippen LogP contribution >= 0.6 is 0 Å². The number of carbonyl (C=O) groups is 4. The van der Waals surface area contributed by atoms with Crippen LogP contribution in [0.2, 0.25) is 0 Å². The first-order valence-corrected chi connectivity index (χ1v) is 9.33. The minimum Gasteiger partial charge on any atom is -0.493 e. The topological polar surface area (TPSA) is 120 Å². The van der Waals surface area contributed by atoms with Crippen molar-refractivity contribution in [1.82, 2.24) is 10.6 Å². The molecule has 0 radical (unpaired) electrons. The molecule has 1 unspecified atom stereocenters. The zero-order valence-corrected chi connectivity index (χ0v) is 17.7. The van der Waals surface area contributed by atoms with Gasteiger partial charge in [0.2, 0.25) is 11.7 Å². The maximum absolute atomic E-state index is 12.9. The Morgan fingerprint density at radius 1 is 0.839 bits per heavy atom. The second kappa shape index (κ2) is 8.47. The van der Waals surface area contributed by atoms with E-state index in [2.05, 4.69) is 10.6 Å². The molecule has 0 bridgehead atoms. The molecule has 2 heterocycles. The van der Waals surface area contributed by atoms with E-state index >= 15 is 0 Å². The maximum atomic E-state index is 12.9. The Balaban J connectivity index is 2.38. The third-order valence-corrected chi connectivity index (χ3v) is 4.89. The van der Waals surface area contributed by atoms with E-state index in [-0.39, 0.29) is 34.0 Å². The van der Waals surface area contributed by atoms with Crippen LogP contribution < -0.4 is 24.8 Å². The lowest BCUT2D eigenvalue weighted by atomic mass is 9.81. The summed E-state index contributed by atoms with van der Waals surface area (Å²) >= 11 is 0. The summed E-state index contributed by atoms with van der Waals surface area (Å²) in [6, 6.07) is 2.97. The van der Waals surface area contributed by atoms with E-state index in [9.17, 15) is 19.2 Å². The van der Waals surface area contributed by atoms with Gasteiger partial charge in [0, 0.05) is 23.5 Å². The number of hydrogen-bond acceptors (Lipinski definition) is 7. The molecule has 31 heavy (non-hydrogen) atoms. The molecular formula is C22H22N2O7. The predicted octanol–water partition coefficient (Wildman–Crippen LogP) is 1.29. The molecule has 1 atom stereocenters. The zero-order chi connectivity index (χ0) is 22.9. The molecule has 0 fully saturated rings. The highest BCUT2D eigenvalue weighted by Gasteiger charge is 2.39. The number of nitrogens with one attached hydrogen (secondary N) is 2. The number of rotatable bonds is 5. The Morgan fingerprint density at radius 3 is 1.90 bits per heavy atom. The molecule has 9 nitrogen and oxygen atoms in total. The molecule has 0 aliphatic carbocycles. The van der Waals surface area contributed by atoms with Gasteiger partial charge in [0.25, 0.3) is 5.91 Å². The fourth-order valence-electron chi connectivity index (χ4n) is 3.61. The standard InChI is InChI=1S/C22H22N2O7/c1-10-6-13(25)18(21(27)23-10)17(19-14(26)7-11(2)24-22(19)28)12-8-15(29-3)20(31-5)16(9-12)30-4/h6-9,18H,1-5H3,(H,23,27)(H,24,28)/b19-17-. The van der Waals surface area contributed by atoms with Gasteiger partial charge in [0.05, 0.1) is 26.9 Å². The zero-order valence-electron chi connectivity index (χ0n) is 17.7. The summed E-state index contributed by atoms with van der Waals surface area (Å²) in [6.45, 7) is 3.14. The number of ketones is 2. The van der Waals surface area contributed by atoms with Gasteiger partial charge >= 0.3 is 0 Å². The normalized spacial score (nSPS) is 20.4. The molecule has 2 aliphatic rings. The van der Waals surface area contributed by atoms with E-state index in [1.165, 1.54) is 45.6 Å². The molecule has 2 amide bonds. The molecule has 1 aromatic carbocycles. The second-order valence-electron chi connectivity index (χ2n) is 7.00. The van der Waals surface area contributed by atoms with Crippen molar-refractivity contribution in [3.63, 3.8) is 0 Å². The lowest BCUT2D eigenvalue weighted by Gasteiger charge is -2.26. The minimum atomic E-state index is -1.41. The van der Waals surface area contributed by atoms with Crippen molar-refractivity contribution in [3.05, 3.63) is 46.8 Å². The first-order valence-electron chi connectivity index (χ1n) is 9.33. The summed E-state index contributed by atoms with van der Waals surface area (Å²) in [6.07, 6.45) is 2.50. The van der Waals surface area contributed by atoms with Crippen LogP contribution in [0.25, 0.3) is 5.57 Å². The van der Waals surface area contributed by atoms with Crippen molar-refractivity contribution in [1.29, 1.82) is 0 Å².